The molecule has 0 atom stereocenters. The largest absolute Gasteiger partial charge is 0.348 e. The normalized spacial score (nSPS) is 17.8. The van der Waals surface area contributed by atoms with Crippen LogP contribution in [0.3, 0.4) is 0 Å². The summed E-state index contributed by atoms with van der Waals surface area (Å²) in [6.07, 6.45) is 4.14. The first-order chi connectivity index (χ1) is 8.94. The minimum Gasteiger partial charge on any atom is -0.348 e. The molecule has 0 aromatic heterocycles. The molecule has 0 radical (unpaired) electrons. The summed E-state index contributed by atoms with van der Waals surface area (Å²) in [5.41, 5.74) is 4.87. The first-order valence-electron chi connectivity index (χ1n) is 6.57. The van der Waals surface area contributed by atoms with Gasteiger partial charge in [0.25, 0.3) is 5.92 Å². The SMILES string of the molecule is NCC(F)(F)CNC(=O)CN1CCCCCCC1=O. The fourth-order valence-corrected chi connectivity index (χ4v) is 1.91. The highest BCUT2D eigenvalue weighted by Crippen LogP contribution is 2.12. The molecule has 0 saturated carbocycles. The van der Waals surface area contributed by atoms with Gasteiger partial charge in [-0.2, -0.15) is 0 Å². The Balaban J connectivity index is 2.39. The summed E-state index contributed by atoms with van der Waals surface area (Å²) in [4.78, 5) is 24.7. The van der Waals surface area contributed by atoms with E-state index < -0.39 is 24.9 Å². The third kappa shape index (κ3) is 5.96. The second-order valence-corrected chi connectivity index (χ2v) is 4.82. The van der Waals surface area contributed by atoms with E-state index in [2.05, 4.69) is 5.32 Å². The number of hydrogen-bond acceptors (Lipinski definition) is 3. The van der Waals surface area contributed by atoms with Gasteiger partial charge in [-0.25, -0.2) is 8.78 Å². The molecule has 0 bridgehead atoms. The number of hydrogen-bond donors (Lipinski definition) is 2. The molecule has 1 aliphatic rings. The molecule has 19 heavy (non-hydrogen) atoms. The van der Waals surface area contributed by atoms with Crippen molar-refractivity contribution in [2.24, 2.45) is 5.73 Å². The average Bonchev–Trinajstić information content (AvgIpc) is 2.36. The molecule has 0 unspecified atom stereocenters. The van der Waals surface area contributed by atoms with Gasteiger partial charge >= 0.3 is 0 Å². The molecule has 0 spiro atoms. The quantitative estimate of drug-likeness (QED) is 0.768. The van der Waals surface area contributed by atoms with Gasteiger partial charge < -0.3 is 16.0 Å². The van der Waals surface area contributed by atoms with Crippen molar-refractivity contribution >= 4 is 11.8 Å². The molecule has 3 N–H and O–H groups in total. The van der Waals surface area contributed by atoms with Gasteiger partial charge in [0, 0.05) is 13.0 Å². The Bertz CT molecular complexity index is 324. The summed E-state index contributed by atoms with van der Waals surface area (Å²) in [5, 5.41) is 2.11. The van der Waals surface area contributed by atoms with Crippen LogP contribution in [0, 0.1) is 0 Å². The van der Waals surface area contributed by atoms with E-state index in [9.17, 15) is 18.4 Å². The second-order valence-electron chi connectivity index (χ2n) is 4.82. The third-order valence-corrected chi connectivity index (χ3v) is 3.10. The zero-order valence-electron chi connectivity index (χ0n) is 11.0. The Labute approximate surface area is 111 Å². The zero-order chi connectivity index (χ0) is 14.3. The van der Waals surface area contributed by atoms with Gasteiger partial charge in [-0.3, -0.25) is 9.59 Å². The van der Waals surface area contributed by atoms with Crippen molar-refractivity contribution in [2.75, 3.05) is 26.2 Å². The number of nitrogens with one attached hydrogen (secondary N) is 1. The minimum atomic E-state index is -3.10. The first-order valence-corrected chi connectivity index (χ1v) is 6.57. The van der Waals surface area contributed by atoms with Gasteiger partial charge in [0.05, 0.1) is 19.6 Å². The van der Waals surface area contributed by atoms with E-state index in [0.717, 1.165) is 25.7 Å². The fourth-order valence-electron chi connectivity index (χ4n) is 1.91. The molecule has 5 nitrogen and oxygen atoms in total. The van der Waals surface area contributed by atoms with Gasteiger partial charge in [0.2, 0.25) is 11.8 Å². The van der Waals surface area contributed by atoms with Crippen molar-refractivity contribution in [3.8, 4) is 0 Å². The molecule has 7 heteroatoms. The molecule has 110 valence electrons. The Hall–Kier alpha value is -1.24. The number of carbonyl (C=O) groups excluding carboxylic acids is 2. The summed E-state index contributed by atoms with van der Waals surface area (Å²) in [6.45, 7) is -1.24. The number of nitrogens with two attached hydrogens (primary N) is 1. The van der Waals surface area contributed by atoms with E-state index in [1.807, 2.05) is 0 Å². The van der Waals surface area contributed by atoms with E-state index >= 15 is 0 Å². The summed E-state index contributed by atoms with van der Waals surface area (Å²) < 4.78 is 25.7. The number of likely N-dealkylation sites (tertiary alicyclic amines) is 1. The van der Waals surface area contributed by atoms with Crippen LogP contribution in [-0.2, 0) is 9.59 Å². The summed E-state index contributed by atoms with van der Waals surface area (Å²) >= 11 is 0. The van der Waals surface area contributed by atoms with Crippen molar-refractivity contribution < 1.29 is 18.4 Å². The standard InChI is InChI=1S/C12H21F2N3O2/c13-12(14,8-15)9-16-10(18)7-17-6-4-2-1-3-5-11(17)19/h1-9,15H2,(H,16,18). The summed E-state index contributed by atoms with van der Waals surface area (Å²) in [7, 11) is 0. The molecule has 1 aliphatic heterocycles. The van der Waals surface area contributed by atoms with Gasteiger partial charge in [-0.15, -0.1) is 0 Å². The number of amides is 2. The van der Waals surface area contributed by atoms with E-state index in [4.69, 9.17) is 5.73 Å². The smallest absolute Gasteiger partial charge is 0.277 e. The molecule has 1 heterocycles. The number of halogens is 2. The van der Waals surface area contributed by atoms with Crippen LogP contribution in [0.1, 0.15) is 32.1 Å². The van der Waals surface area contributed by atoms with Gasteiger partial charge in [0.15, 0.2) is 0 Å². The van der Waals surface area contributed by atoms with E-state index in [1.54, 1.807) is 0 Å². The van der Waals surface area contributed by atoms with Gasteiger partial charge in [0.1, 0.15) is 0 Å². The Kier molecular flexibility index (Phi) is 6.14. The van der Waals surface area contributed by atoms with Crippen molar-refractivity contribution in [3.63, 3.8) is 0 Å². The third-order valence-electron chi connectivity index (χ3n) is 3.10. The first kappa shape index (κ1) is 15.8. The van der Waals surface area contributed by atoms with Gasteiger partial charge in [-0.05, 0) is 12.8 Å². The molecule has 1 rings (SSSR count). The molecule has 1 saturated heterocycles. The lowest BCUT2D eigenvalue weighted by Gasteiger charge is -2.24. The van der Waals surface area contributed by atoms with Crippen LogP contribution < -0.4 is 11.1 Å². The van der Waals surface area contributed by atoms with Gasteiger partial charge in [-0.1, -0.05) is 12.8 Å². The maximum Gasteiger partial charge on any atom is 0.277 e. The fraction of sp³-hybridized carbons (Fsp3) is 0.833. The molecular weight excluding hydrogens is 256 g/mol. The highest BCUT2D eigenvalue weighted by molar-refractivity contribution is 5.84. The lowest BCUT2D eigenvalue weighted by atomic mass is 10.1. The summed E-state index contributed by atoms with van der Waals surface area (Å²) in [5.74, 6) is -3.75. The average molecular weight is 277 g/mol. The predicted octanol–water partition coefficient (Wildman–Crippen LogP) is 0.489. The Morgan fingerprint density at radius 3 is 2.68 bits per heavy atom. The predicted molar refractivity (Wildman–Crippen MR) is 66.7 cm³/mol. The van der Waals surface area contributed by atoms with Crippen molar-refractivity contribution in [3.05, 3.63) is 0 Å². The van der Waals surface area contributed by atoms with E-state index in [-0.39, 0.29) is 12.5 Å². The highest BCUT2D eigenvalue weighted by Gasteiger charge is 2.27. The van der Waals surface area contributed by atoms with Crippen molar-refractivity contribution in [1.29, 1.82) is 0 Å². The highest BCUT2D eigenvalue weighted by atomic mass is 19.3. The van der Waals surface area contributed by atoms with Crippen LogP contribution in [0.15, 0.2) is 0 Å². The molecule has 0 aromatic carbocycles. The number of carbonyl (C=O) groups is 2. The minimum absolute atomic E-state index is 0.0829. The maximum absolute atomic E-state index is 12.9. The summed E-state index contributed by atoms with van der Waals surface area (Å²) in [6, 6.07) is 0. The molecule has 1 fully saturated rings. The van der Waals surface area contributed by atoms with Crippen LogP contribution in [0.25, 0.3) is 0 Å². The van der Waals surface area contributed by atoms with Crippen LogP contribution in [0.4, 0.5) is 8.78 Å². The Morgan fingerprint density at radius 1 is 1.32 bits per heavy atom. The maximum atomic E-state index is 12.9. The zero-order valence-corrected chi connectivity index (χ0v) is 11.0. The van der Waals surface area contributed by atoms with Crippen molar-refractivity contribution in [2.45, 2.75) is 38.0 Å². The topological polar surface area (TPSA) is 75.4 Å². The van der Waals surface area contributed by atoms with Crippen molar-refractivity contribution in [1.82, 2.24) is 10.2 Å². The Morgan fingerprint density at radius 2 is 2.00 bits per heavy atom. The van der Waals surface area contributed by atoms with Crippen LogP contribution in [-0.4, -0.2) is 48.8 Å². The molecule has 2 amide bonds. The van der Waals surface area contributed by atoms with Crippen LogP contribution in [0.2, 0.25) is 0 Å². The molecule has 0 aromatic rings. The van der Waals surface area contributed by atoms with E-state index in [0.29, 0.717) is 13.0 Å². The monoisotopic (exact) mass is 277 g/mol. The lowest BCUT2D eigenvalue weighted by molar-refractivity contribution is -0.137. The van der Waals surface area contributed by atoms with Crippen LogP contribution in [0.5, 0.6) is 0 Å². The second kappa shape index (κ2) is 7.37. The number of nitrogens with zero attached hydrogens (tertiary/aromatic N) is 1. The number of alkyl halides is 2. The van der Waals surface area contributed by atoms with Crippen LogP contribution >= 0.6 is 0 Å². The molecule has 0 aliphatic carbocycles. The molecular formula is C12H21F2N3O2. The lowest BCUT2D eigenvalue weighted by Crippen LogP contribution is -2.46. The number of rotatable bonds is 5. The van der Waals surface area contributed by atoms with E-state index in [1.165, 1.54) is 4.90 Å².